The molecule has 1 atom stereocenters. The fraction of sp³-hybridized carbons (Fsp3) is 0.0615. The molecule has 0 radical (unpaired) electrons. The quantitative estimate of drug-likeness (QED) is 0.0627. The first kappa shape index (κ1) is 55.7. The minimum Gasteiger partial charge on any atom is -0.508 e. The Balaban J connectivity index is 0.000000124. The van der Waals surface area contributed by atoms with Gasteiger partial charge in [-0.05, 0) is 127 Å². The van der Waals surface area contributed by atoms with Crippen molar-refractivity contribution in [2.45, 2.75) is 12.3 Å². The van der Waals surface area contributed by atoms with E-state index in [1.165, 1.54) is 0 Å². The number of rotatable bonds is 12. The molecule has 18 heteroatoms. The van der Waals surface area contributed by atoms with Crippen LogP contribution in [0.2, 0.25) is 0 Å². The van der Waals surface area contributed by atoms with E-state index in [0.717, 1.165) is 82.7 Å². The highest BCUT2D eigenvalue weighted by atomic mass is 32.2. The third-order valence-electron chi connectivity index (χ3n) is 12.4. The zero-order chi connectivity index (χ0) is 57.2. The lowest BCUT2D eigenvalue weighted by Gasteiger charge is -2.14. The third-order valence-corrected chi connectivity index (χ3v) is 14.3. The highest BCUT2D eigenvalue weighted by molar-refractivity contribution is 8.14. The first-order valence-corrected chi connectivity index (χ1v) is 28.0. The Bertz CT molecular complexity index is 4070. The number of para-hydroxylation sites is 1. The maximum atomic E-state index is 12.1. The lowest BCUT2D eigenvalue weighted by Crippen LogP contribution is -2.19. The molecule has 7 N–H and O–H groups in total. The molecular weight excluding hydrogens is 1080 g/mol. The zero-order valence-corrected chi connectivity index (χ0v) is 46.6. The number of thiazole rings is 1. The van der Waals surface area contributed by atoms with E-state index < -0.39 is 0 Å². The fourth-order valence-electron chi connectivity index (χ4n) is 8.44. The van der Waals surface area contributed by atoms with Crippen LogP contribution < -0.4 is 36.6 Å². The molecule has 1 unspecified atom stereocenters. The molecule has 0 bridgehead atoms. The predicted molar refractivity (Wildman–Crippen MR) is 335 cm³/mol. The molecule has 0 saturated heterocycles. The largest absolute Gasteiger partial charge is 0.508 e. The smallest absolute Gasteiger partial charge is 0.323 e. The Labute approximate surface area is 487 Å². The number of thioether (sulfide) groups is 1. The second-order valence-corrected chi connectivity index (χ2v) is 20.0. The van der Waals surface area contributed by atoms with E-state index in [9.17, 15) is 9.90 Å². The molecule has 5 heterocycles. The summed E-state index contributed by atoms with van der Waals surface area (Å²) in [4.78, 5) is 25.3. The van der Waals surface area contributed by atoms with E-state index >= 15 is 0 Å². The van der Waals surface area contributed by atoms with Gasteiger partial charge >= 0.3 is 6.03 Å². The van der Waals surface area contributed by atoms with Crippen molar-refractivity contribution in [1.82, 2.24) is 30.6 Å². The van der Waals surface area contributed by atoms with Crippen molar-refractivity contribution in [1.29, 1.82) is 0 Å². The van der Waals surface area contributed by atoms with E-state index in [2.05, 4.69) is 57.7 Å². The second kappa shape index (κ2) is 27.5. The molecule has 2 amide bonds. The number of phenols is 1. The molecule has 1 aliphatic rings. The Morgan fingerprint density at radius 2 is 1.31 bits per heavy atom. The zero-order valence-electron chi connectivity index (χ0n) is 45.0. The SMILES string of the molecule is CCOc1ccc(Nc2nc(-c3ccccn3)cs2)cc1.COc1ccc(NC(=O)Nc2cccc3cccnc23)cc1.Nc1cccc(-c2nnc(-c3ccccc3)o2)c1.Oc1ccc2ccccc2c1C1NN=C(c2ccccc2)S1. The first-order chi connectivity index (χ1) is 40.8. The van der Waals surface area contributed by atoms with Gasteiger partial charge in [-0.25, -0.2) is 9.78 Å². The van der Waals surface area contributed by atoms with Crippen molar-refractivity contribution in [3.05, 3.63) is 247 Å². The van der Waals surface area contributed by atoms with Crippen LogP contribution in [-0.2, 0) is 0 Å². The standard InChI is InChI=1S/C18H14N2OS.C17H15N3O2.C16H15N3OS.C14H11N3O/c21-15-11-10-12-6-4-5-9-14(12)16(15)18-20-19-17(22-18)13-7-2-1-3-8-13;1-22-14-9-7-13(8-10-14)19-17(21)20-15-6-2-4-12-5-3-11-18-16(12)15;1-2-20-13-8-6-12(7-9-13)18-16-19-15(11-21-16)14-5-3-4-10-17-14;15-12-8-4-7-11(9-12)14-17-16-13(18-14)10-5-2-1-3-6-10/h1-11,18,20-21H;2-11H,1H3,(H2,19,20,21);3-11H,2H2,1H3,(H,18,19);1-9H,15H2. The van der Waals surface area contributed by atoms with Gasteiger partial charge in [0.25, 0.3) is 0 Å². The molecule has 0 fully saturated rings. The van der Waals surface area contributed by atoms with Gasteiger partial charge in [0, 0.05) is 62.5 Å². The molecule has 12 aromatic rings. The highest BCUT2D eigenvalue weighted by Crippen LogP contribution is 2.42. The minimum atomic E-state index is -0.316. The summed E-state index contributed by atoms with van der Waals surface area (Å²) in [6.07, 6.45) is 3.48. The van der Waals surface area contributed by atoms with Crippen molar-refractivity contribution in [2.75, 3.05) is 35.4 Å². The molecule has 83 heavy (non-hydrogen) atoms. The molecule has 1 aliphatic heterocycles. The number of aromatic hydroxyl groups is 1. The number of hydrogen-bond donors (Lipinski definition) is 6. The third kappa shape index (κ3) is 14.8. The summed E-state index contributed by atoms with van der Waals surface area (Å²) in [5.74, 6) is 2.89. The molecule has 13 rings (SSSR count). The topological polar surface area (TPSA) is 220 Å². The number of carbonyl (C=O) groups excluding carboxylic acids is 1. The number of hydrazone groups is 1. The van der Waals surface area contributed by atoms with E-state index in [0.29, 0.717) is 41.2 Å². The fourth-order valence-corrected chi connectivity index (χ4v) is 10.2. The number of phenolic OH excluding ortho intramolecular Hbond substituents is 1. The van der Waals surface area contributed by atoms with Gasteiger partial charge in [-0.2, -0.15) is 5.10 Å². The number of methoxy groups -OCH3 is 1. The average Bonchev–Trinajstić information content (AvgIpc) is 4.38. The van der Waals surface area contributed by atoms with Crippen LogP contribution in [0.1, 0.15) is 23.4 Å². The maximum absolute atomic E-state index is 12.1. The monoisotopic (exact) mass is 1130 g/mol. The molecule has 0 saturated carbocycles. The molecule has 4 aromatic heterocycles. The lowest BCUT2D eigenvalue weighted by molar-refractivity contribution is 0.262. The number of anilines is 5. The van der Waals surface area contributed by atoms with Crippen LogP contribution in [0.3, 0.4) is 0 Å². The van der Waals surface area contributed by atoms with E-state index in [1.807, 2.05) is 194 Å². The molecular formula is C65H55N11O5S2. The maximum Gasteiger partial charge on any atom is 0.323 e. The van der Waals surface area contributed by atoms with Crippen molar-refractivity contribution >= 4 is 83.7 Å². The Morgan fingerprint density at radius 1 is 0.651 bits per heavy atom. The first-order valence-electron chi connectivity index (χ1n) is 26.2. The van der Waals surface area contributed by atoms with Crippen molar-refractivity contribution in [2.24, 2.45) is 5.10 Å². The average molecular weight is 1130 g/mol. The molecule has 0 spiro atoms. The number of pyridine rings is 2. The van der Waals surface area contributed by atoms with Gasteiger partial charge in [0.2, 0.25) is 11.8 Å². The number of benzene rings is 8. The normalized spacial score (nSPS) is 12.2. The van der Waals surface area contributed by atoms with Crippen LogP contribution in [0.15, 0.2) is 246 Å². The van der Waals surface area contributed by atoms with Crippen LogP contribution >= 0.6 is 23.1 Å². The number of amides is 2. The Morgan fingerprint density at radius 3 is 2.06 bits per heavy atom. The molecule has 8 aromatic carbocycles. The van der Waals surface area contributed by atoms with Crippen molar-refractivity contribution < 1.29 is 23.8 Å². The van der Waals surface area contributed by atoms with Gasteiger partial charge in [0.05, 0.1) is 30.6 Å². The van der Waals surface area contributed by atoms with E-state index in [1.54, 1.807) is 72.9 Å². The molecule has 16 nitrogen and oxygen atoms in total. The van der Waals surface area contributed by atoms with Crippen LogP contribution in [0.4, 0.5) is 32.7 Å². The van der Waals surface area contributed by atoms with Crippen LogP contribution in [0.25, 0.3) is 56.0 Å². The number of aromatic nitrogens is 5. The van der Waals surface area contributed by atoms with Gasteiger partial charge in [-0.1, -0.05) is 121 Å². The number of carbonyl (C=O) groups is 1. The second-order valence-electron chi connectivity index (χ2n) is 18.1. The van der Waals surface area contributed by atoms with Gasteiger partial charge < -0.3 is 40.7 Å². The number of nitrogens with one attached hydrogen (secondary N) is 4. The van der Waals surface area contributed by atoms with Crippen LogP contribution in [0, 0.1) is 0 Å². The summed E-state index contributed by atoms with van der Waals surface area (Å²) in [6.45, 7) is 2.65. The summed E-state index contributed by atoms with van der Waals surface area (Å²) in [6, 6.07) is 68.8. The van der Waals surface area contributed by atoms with Crippen LogP contribution in [-0.4, -0.2) is 55.0 Å². The number of nitrogens with two attached hydrogens (primary N) is 1. The van der Waals surface area contributed by atoms with Crippen molar-refractivity contribution in [3.63, 3.8) is 0 Å². The highest BCUT2D eigenvalue weighted by Gasteiger charge is 2.26. The summed E-state index contributed by atoms with van der Waals surface area (Å²) >= 11 is 3.18. The van der Waals surface area contributed by atoms with E-state index in [4.69, 9.17) is 19.6 Å². The van der Waals surface area contributed by atoms with Gasteiger partial charge in [0.1, 0.15) is 33.4 Å². The number of ether oxygens (including phenoxy) is 2. The number of urea groups is 1. The Kier molecular flexibility index (Phi) is 18.5. The Hall–Kier alpha value is -10.6. The van der Waals surface area contributed by atoms with Crippen LogP contribution in [0.5, 0.6) is 17.2 Å². The van der Waals surface area contributed by atoms with Gasteiger partial charge in [-0.15, -0.1) is 21.5 Å². The summed E-state index contributed by atoms with van der Waals surface area (Å²) in [5.41, 5.74) is 18.1. The molecule has 412 valence electrons. The van der Waals surface area contributed by atoms with E-state index in [-0.39, 0.29) is 11.4 Å². The number of hydrogen-bond acceptors (Lipinski definition) is 16. The summed E-state index contributed by atoms with van der Waals surface area (Å²) < 4.78 is 16.1. The minimum absolute atomic E-state index is 0.0821. The number of nitrogens with zero attached hydrogens (tertiary/aromatic N) is 6. The predicted octanol–water partition coefficient (Wildman–Crippen LogP) is 15.5. The van der Waals surface area contributed by atoms with Crippen molar-refractivity contribution in [3.8, 4) is 51.5 Å². The number of fused-ring (bicyclic) bond motifs is 2. The lowest BCUT2D eigenvalue weighted by atomic mass is 10.0. The summed E-state index contributed by atoms with van der Waals surface area (Å²) in [7, 11) is 1.60. The van der Waals surface area contributed by atoms with Gasteiger partial charge in [-0.3, -0.25) is 15.4 Å². The number of nitrogen functional groups attached to an aromatic ring is 1. The van der Waals surface area contributed by atoms with Gasteiger partial charge in [0.15, 0.2) is 5.13 Å². The molecule has 0 aliphatic carbocycles. The summed E-state index contributed by atoms with van der Waals surface area (Å²) in [5, 5.41) is 38.5.